The molecule has 0 saturated heterocycles. The SMILES string of the molecule is CCC(C)CCCC(C)ON. The number of nitrogens with two attached hydrogens (primary N) is 1. The van der Waals surface area contributed by atoms with Crippen molar-refractivity contribution < 1.29 is 4.84 Å². The van der Waals surface area contributed by atoms with Gasteiger partial charge in [-0.1, -0.05) is 33.1 Å². The number of hydrogen-bond donors (Lipinski definition) is 1. The molecule has 2 heteroatoms. The first-order valence-corrected chi connectivity index (χ1v) is 4.56. The van der Waals surface area contributed by atoms with Gasteiger partial charge in [0.25, 0.3) is 0 Å². The maximum Gasteiger partial charge on any atom is 0.0759 e. The van der Waals surface area contributed by atoms with Gasteiger partial charge in [-0.25, -0.2) is 5.90 Å². The first-order chi connectivity index (χ1) is 5.20. The second-order valence-electron chi connectivity index (χ2n) is 3.39. The Morgan fingerprint density at radius 3 is 2.36 bits per heavy atom. The Hall–Kier alpha value is -0.0800. The lowest BCUT2D eigenvalue weighted by Gasteiger charge is -2.10. The minimum Gasteiger partial charge on any atom is -0.302 e. The molecular formula is C9H21NO. The van der Waals surface area contributed by atoms with Gasteiger partial charge in [0.2, 0.25) is 0 Å². The van der Waals surface area contributed by atoms with Gasteiger partial charge in [-0.2, -0.15) is 0 Å². The third kappa shape index (κ3) is 6.32. The Bertz CT molecular complexity index is 75.6. The van der Waals surface area contributed by atoms with Crippen molar-refractivity contribution in [2.75, 3.05) is 0 Å². The van der Waals surface area contributed by atoms with E-state index < -0.39 is 0 Å². The van der Waals surface area contributed by atoms with Crippen LogP contribution >= 0.6 is 0 Å². The molecule has 11 heavy (non-hydrogen) atoms. The molecule has 0 bridgehead atoms. The third-order valence-corrected chi connectivity index (χ3v) is 2.24. The summed E-state index contributed by atoms with van der Waals surface area (Å²) >= 11 is 0. The van der Waals surface area contributed by atoms with Crippen LogP contribution in [0, 0.1) is 5.92 Å². The summed E-state index contributed by atoms with van der Waals surface area (Å²) < 4.78 is 0. The minimum absolute atomic E-state index is 0.221. The molecule has 0 aromatic carbocycles. The summed E-state index contributed by atoms with van der Waals surface area (Å²) in [6, 6.07) is 0. The molecule has 0 fully saturated rings. The van der Waals surface area contributed by atoms with Crippen LogP contribution in [0.15, 0.2) is 0 Å². The Labute approximate surface area is 70.1 Å². The van der Waals surface area contributed by atoms with Gasteiger partial charge in [0, 0.05) is 0 Å². The Morgan fingerprint density at radius 2 is 1.91 bits per heavy atom. The predicted molar refractivity (Wildman–Crippen MR) is 48.0 cm³/mol. The molecule has 68 valence electrons. The fourth-order valence-electron chi connectivity index (χ4n) is 1.03. The van der Waals surface area contributed by atoms with Crippen molar-refractivity contribution >= 4 is 0 Å². The molecule has 0 radical (unpaired) electrons. The highest BCUT2D eigenvalue weighted by Gasteiger charge is 2.02. The molecule has 2 nitrogen and oxygen atoms in total. The Kier molecular flexibility index (Phi) is 6.57. The summed E-state index contributed by atoms with van der Waals surface area (Å²) in [6.07, 6.45) is 5.11. The van der Waals surface area contributed by atoms with Gasteiger partial charge >= 0.3 is 0 Å². The van der Waals surface area contributed by atoms with Crippen molar-refractivity contribution in [3.05, 3.63) is 0 Å². The van der Waals surface area contributed by atoms with Crippen molar-refractivity contribution in [1.29, 1.82) is 0 Å². The number of hydrogen-bond acceptors (Lipinski definition) is 2. The molecule has 0 aliphatic carbocycles. The second kappa shape index (κ2) is 6.62. The van der Waals surface area contributed by atoms with E-state index in [1.807, 2.05) is 6.92 Å². The average molecular weight is 159 g/mol. The maximum atomic E-state index is 5.02. The molecule has 0 rings (SSSR count). The highest BCUT2D eigenvalue weighted by molar-refractivity contribution is 4.54. The highest BCUT2D eigenvalue weighted by atomic mass is 16.6. The quantitative estimate of drug-likeness (QED) is 0.604. The zero-order chi connectivity index (χ0) is 8.69. The van der Waals surface area contributed by atoms with Crippen molar-refractivity contribution in [2.24, 2.45) is 11.8 Å². The van der Waals surface area contributed by atoms with Crippen LogP contribution in [0.5, 0.6) is 0 Å². The molecule has 2 atom stereocenters. The van der Waals surface area contributed by atoms with E-state index in [-0.39, 0.29) is 6.10 Å². The van der Waals surface area contributed by atoms with Crippen molar-refractivity contribution in [3.8, 4) is 0 Å². The maximum absolute atomic E-state index is 5.02. The summed E-state index contributed by atoms with van der Waals surface area (Å²) in [5, 5.41) is 0. The van der Waals surface area contributed by atoms with Crippen molar-refractivity contribution in [2.45, 2.75) is 52.6 Å². The van der Waals surface area contributed by atoms with E-state index in [9.17, 15) is 0 Å². The molecule has 0 spiro atoms. The summed E-state index contributed by atoms with van der Waals surface area (Å²) in [7, 11) is 0. The second-order valence-corrected chi connectivity index (χ2v) is 3.39. The van der Waals surface area contributed by atoms with Crippen LogP contribution in [0.25, 0.3) is 0 Å². The molecule has 0 saturated carbocycles. The van der Waals surface area contributed by atoms with Gasteiger partial charge in [0.15, 0.2) is 0 Å². The fraction of sp³-hybridized carbons (Fsp3) is 1.00. The van der Waals surface area contributed by atoms with Crippen LogP contribution in [0.3, 0.4) is 0 Å². The standard InChI is InChI=1S/C9H21NO/c1-4-8(2)6-5-7-9(3)11-10/h8-9H,4-7,10H2,1-3H3. The molecule has 0 aromatic rings. The van der Waals surface area contributed by atoms with E-state index in [1.54, 1.807) is 0 Å². The van der Waals surface area contributed by atoms with Gasteiger partial charge in [0.1, 0.15) is 0 Å². The van der Waals surface area contributed by atoms with E-state index >= 15 is 0 Å². The zero-order valence-corrected chi connectivity index (χ0v) is 7.97. The summed E-state index contributed by atoms with van der Waals surface area (Å²) in [6.45, 7) is 6.53. The average Bonchev–Trinajstić information content (AvgIpc) is 2.04. The van der Waals surface area contributed by atoms with Crippen LogP contribution in [-0.2, 0) is 4.84 Å². The highest BCUT2D eigenvalue weighted by Crippen LogP contribution is 2.12. The molecule has 0 aliphatic heterocycles. The summed E-state index contributed by atoms with van der Waals surface area (Å²) in [5.41, 5.74) is 0. The van der Waals surface area contributed by atoms with E-state index in [1.165, 1.54) is 19.3 Å². The number of rotatable bonds is 6. The Morgan fingerprint density at radius 1 is 1.27 bits per heavy atom. The molecule has 0 amide bonds. The van der Waals surface area contributed by atoms with Gasteiger partial charge in [-0.05, 0) is 19.3 Å². The third-order valence-electron chi connectivity index (χ3n) is 2.24. The van der Waals surface area contributed by atoms with E-state index in [2.05, 4.69) is 18.7 Å². The largest absolute Gasteiger partial charge is 0.302 e. The minimum atomic E-state index is 0.221. The molecular weight excluding hydrogens is 138 g/mol. The fourth-order valence-corrected chi connectivity index (χ4v) is 1.03. The van der Waals surface area contributed by atoms with Gasteiger partial charge in [0.05, 0.1) is 6.10 Å². The van der Waals surface area contributed by atoms with Crippen molar-refractivity contribution in [3.63, 3.8) is 0 Å². The van der Waals surface area contributed by atoms with E-state index in [0.717, 1.165) is 12.3 Å². The van der Waals surface area contributed by atoms with Crippen LogP contribution in [-0.4, -0.2) is 6.10 Å². The van der Waals surface area contributed by atoms with Crippen LogP contribution in [0.2, 0.25) is 0 Å². The lowest BCUT2D eigenvalue weighted by Crippen LogP contribution is -2.13. The summed E-state index contributed by atoms with van der Waals surface area (Å²) in [5.74, 6) is 5.87. The molecule has 2 N–H and O–H groups in total. The van der Waals surface area contributed by atoms with Gasteiger partial charge < -0.3 is 4.84 Å². The smallest absolute Gasteiger partial charge is 0.0759 e. The summed E-state index contributed by atoms with van der Waals surface area (Å²) in [4.78, 5) is 4.67. The Balaban J connectivity index is 3.13. The van der Waals surface area contributed by atoms with Crippen LogP contribution < -0.4 is 5.90 Å². The predicted octanol–water partition coefficient (Wildman–Crippen LogP) is 2.48. The van der Waals surface area contributed by atoms with E-state index in [0.29, 0.717) is 0 Å². The first-order valence-electron chi connectivity index (χ1n) is 4.56. The normalized spacial score (nSPS) is 16.4. The van der Waals surface area contributed by atoms with Gasteiger partial charge in [-0.3, -0.25) is 0 Å². The molecule has 0 aliphatic rings. The molecule has 2 unspecified atom stereocenters. The molecule has 0 aromatic heterocycles. The van der Waals surface area contributed by atoms with Gasteiger partial charge in [-0.15, -0.1) is 0 Å². The van der Waals surface area contributed by atoms with Crippen LogP contribution in [0.1, 0.15) is 46.5 Å². The lowest BCUT2D eigenvalue weighted by atomic mass is 10.0. The van der Waals surface area contributed by atoms with E-state index in [4.69, 9.17) is 5.90 Å². The lowest BCUT2D eigenvalue weighted by molar-refractivity contribution is 0.0581. The first kappa shape index (κ1) is 10.9. The van der Waals surface area contributed by atoms with Crippen molar-refractivity contribution in [1.82, 2.24) is 0 Å². The zero-order valence-electron chi connectivity index (χ0n) is 7.97. The monoisotopic (exact) mass is 159 g/mol. The van der Waals surface area contributed by atoms with Crippen LogP contribution in [0.4, 0.5) is 0 Å². The topological polar surface area (TPSA) is 35.2 Å². The molecule has 0 heterocycles.